The molecule has 1 aromatic carbocycles. The molecular formula is C19H24ClNO5. The molecule has 1 aromatic rings. The van der Waals surface area contributed by atoms with Gasteiger partial charge >= 0.3 is 5.97 Å². The van der Waals surface area contributed by atoms with Gasteiger partial charge in [0.15, 0.2) is 11.5 Å². The Morgan fingerprint density at radius 3 is 2.62 bits per heavy atom. The Bertz CT molecular complexity index is 723. The van der Waals surface area contributed by atoms with E-state index in [0.29, 0.717) is 34.1 Å². The number of hydrogen-bond donors (Lipinski definition) is 1. The van der Waals surface area contributed by atoms with Gasteiger partial charge in [-0.3, -0.25) is 4.90 Å². The Morgan fingerprint density at radius 1 is 1.35 bits per heavy atom. The summed E-state index contributed by atoms with van der Waals surface area (Å²) in [5, 5.41) is 9.64. The summed E-state index contributed by atoms with van der Waals surface area (Å²) in [6.45, 7) is 4.86. The molecule has 1 N–H and O–H groups in total. The van der Waals surface area contributed by atoms with Crippen LogP contribution in [0.5, 0.6) is 11.5 Å². The second-order valence-corrected chi connectivity index (χ2v) is 8.04. The Balaban J connectivity index is 1.41. The number of nitrogens with zero attached hydrogens (tertiary/aromatic N) is 1. The summed E-state index contributed by atoms with van der Waals surface area (Å²) in [7, 11) is 1.77. The highest BCUT2D eigenvalue weighted by atomic mass is 35.5. The van der Waals surface area contributed by atoms with Crippen molar-refractivity contribution in [2.45, 2.75) is 44.5 Å². The first-order valence-corrected chi connectivity index (χ1v) is 9.48. The number of methoxy groups -OCH3 is 1. The Hall–Kier alpha value is -1.50. The maximum Gasteiger partial charge on any atom is 0.336 e. The van der Waals surface area contributed by atoms with E-state index < -0.39 is 11.8 Å². The Kier molecular flexibility index (Phi) is 4.53. The molecule has 2 heterocycles. The summed E-state index contributed by atoms with van der Waals surface area (Å²) in [5.41, 5.74) is 0.732. The van der Waals surface area contributed by atoms with Crippen molar-refractivity contribution in [3.63, 3.8) is 0 Å². The van der Waals surface area contributed by atoms with E-state index in [1.54, 1.807) is 14.0 Å². The van der Waals surface area contributed by atoms with Gasteiger partial charge in [-0.1, -0.05) is 11.6 Å². The van der Waals surface area contributed by atoms with Crippen molar-refractivity contribution in [1.82, 2.24) is 4.90 Å². The van der Waals surface area contributed by atoms with Crippen LogP contribution in [-0.2, 0) is 4.74 Å². The molecule has 26 heavy (non-hydrogen) atoms. The zero-order valence-corrected chi connectivity index (χ0v) is 15.8. The van der Waals surface area contributed by atoms with E-state index in [9.17, 15) is 9.90 Å². The standard InChI is InChI=1S/C19H24ClNO5/c1-11-14(18(22)23)7-15(20)17-16(11)25-19(26-17)5-3-12(4-6-19)8-21-9-13(10-21)24-2/h7,12-13H,3-6,8-10H2,1-2H3,(H,22,23). The number of rotatable bonds is 4. The number of carboxylic acids is 1. The van der Waals surface area contributed by atoms with Crippen LogP contribution in [0.3, 0.4) is 0 Å². The quantitative estimate of drug-likeness (QED) is 0.862. The van der Waals surface area contributed by atoms with Gasteiger partial charge in [0.2, 0.25) is 0 Å². The first kappa shape index (κ1) is 17.9. The minimum Gasteiger partial charge on any atom is -0.478 e. The molecule has 0 aromatic heterocycles. The van der Waals surface area contributed by atoms with Gasteiger partial charge in [-0.25, -0.2) is 4.79 Å². The highest BCUT2D eigenvalue weighted by Crippen LogP contribution is 2.52. The topological polar surface area (TPSA) is 68.2 Å². The zero-order valence-electron chi connectivity index (χ0n) is 15.1. The summed E-state index contributed by atoms with van der Waals surface area (Å²) in [5.74, 6) is -0.115. The van der Waals surface area contributed by atoms with Crippen molar-refractivity contribution in [3.05, 3.63) is 22.2 Å². The molecular weight excluding hydrogens is 358 g/mol. The van der Waals surface area contributed by atoms with Gasteiger partial charge < -0.3 is 19.3 Å². The van der Waals surface area contributed by atoms with Crippen LogP contribution >= 0.6 is 11.6 Å². The SMILES string of the molecule is COC1CN(CC2CCC3(CC2)Oc2c(Cl)cc(C(=O)O)c(C)c2O3)C1. The van der Waals surface area contributed by atoms with Gasteiger partial charge in [-0.15, -0.1) is 0 Å². The van der Waals surface area contributed by atoms with Crippen LogP contribution in [-0.4, -0.2) is 54.6 Å². The van der Waals surface area contributed by atoms with Crippen molar-refractivity contribution in [3.8, 4) is 11.5 Å². The summed E-state index contributed by atoms with van der Waals surface area (Å²) in [6, 6.07) is 1.45. The van der Waals surface area contributed by atoms with Gasteiger partial charge in [0, 0.05) is 45.1 Å². The van der Waals surface area contributed by atoms with Gasteiger partial charge in [-0.05, 0) is 31.7 Å². The van der Waals surface area contributed by atoms with Gasteiger partial charge in [0.05, 0.1) is 16.7 Å². The van der Waals surface area contributed by atoms with Crippen LogP contribution in [0.1, 0.15) is 41.6 Å². The smallest absolute Gasteiger partial charge is 0.336 e. The fraction of sp³-hybridized carbons (Fsp3) is 0.632. The average molecular weight is 382 g/mol. The van der Waals surface area contributed by atoms with Crippen LogP contribution in [0.2, 0.25) is 5.02 Å². The van der Waals surface area contributed by atoms with E-state index in [1.807, 2.05) is 0 Å². The van der Waals surface area contributed by atoms with Gasteiger partial charge in [-0.2, -0.15) is 0 Å². The van der Waals surface area contributed by atoms with Crippen molar-refractivity contribution in [2.24, 2.45) is 5.92 Å². The average Bonchev–Trinajstić information content (AvgIpc) is 2.96. The molecule has 1 saturated heterocycles. The number of halogens is 1. The number of ether oxygens (including phenoxy) is 3. The van der Waals surface area contributed by atoms with Gasteiger partial charge in [0.25, 0.3) is 5.79 Å². The van der Waals surface area contributed by atoms with Crippen molar-refractivity contribution < 1.29 is 24.1 Å². The maximum absolute atomic E-state index is 11.4. The predicted octanol–water partition coefficient (Wildman–Crippen LogP) is 3.33. The molecule has 0 amide bonds. The van der Waals surface area contributed by atoms with E-state index in [4.69, 9.17) is 25.8 Å². The highest BCUT2D eigenvalue weighted by Gasteiger charge is 2.47. The minimum atomic E-state index is -1.01. The largest absolute Gasteiger partial charge is 0.478 e. The van der Waals surface area contributed by atoms with Crippen LogP contribution in [0.25, 0.3) is 0 Å². The van der Waals surface area contributed by atoms with Crippen LogP contribution in [0, 0.1) is 12.8 Å². The maximum atomic E-state index is 11.4. The normalized spacial score (nSPS) is 28.3. The third-order valence-corrected chi connectivity index (χ3v) is 6.17. The second kappa shape index (κ2) is 6.59. The lowest BCUT2D eigenvalue weighted by atomic mass is 9.84. The van der Waals surface area contributed by atoms with E-state index in [-0.39, 0.29) is 5.56 Å². The van der Waals surface area contributed by atoms with Crippen molar-refractivity contribution in [1.29, 1.82) is 0 Å². The summed E-state index contributed by atoms with van der Waals surface area (Å²) in [6.07, 6.45) is 3.99. The Labute approximate surface area is 158 Å². The minimum absolute atomic E-state index is 0.161. The first-order valence-electron chi connectivity index (χ1n) is 9.10. The predicted molar refractivity (Wildman–Crippen MR) is 96.3 cm³/mol. The number of fused-ring (bicyclic) bond motifs is 1. The zero-order chi connectivity index (χ0) is 18.5. The fourth-order valence-electron chi connectivity index (χ4n) is 4.22. The van der Waals surface area contributed by atoms with E-state index in [0.717, 1.165) is 45.3 Å². The third-order valence-electron chi connectivity index (χ3n) is 5.89. The molecule has 142 valence electrons. The molecule has 7 heteroatoms. The number of benzene rings is 1. The number of aromatic carboxylic acids is 1. The van der Waals surface area contributed by atoms with Crippen molar-refractivity contribution in [2.75, 3.05) is 26.7 Å². The molecule has 1 saturated carbocycles. The lowest BCUT2D eigenvalue weighted by molar-refractivity contribution is -0.118. The number of hydrogen-bond acceptors (Lipinski definition) is 5. The van der Waals surface area contributed by atoms with Crippen LogP contribution in [0.4, 0.5) is 0 Å². The summed E-state index contributed by atoms with van der Waals surface area (Å²) < 4.78 is 17.6. The number of likely N-dealkylation sites (tertiary alicyclic amines) is 1. The van der Waals surface area contributed by atoms with Crippen LogP contribution < -0.4 is 9.47 Å². The lowest BCUT2D eigenvalue weighted by Gasteiger charge is -2.42. The molecule has 6 nitrogen and oxygen atoms in total. The highest BCUT2D eigenvalue weighted by molar-refractivity contribution is 6.32. The third kappa shape index (κ3) is 3.04. The lowest BCUT2D eigenvalue weighted by Crippen LogP contribution is -2.54. The first-order chi connectivity index (χ1) is 12.4. The van der Waals surface area contributed by atoms with Crippen molar-refractivity contribution >= 4 is 17.6 Å². The Morgan fingerprint density at radius 2 is 2.00 bits per heavy atom. The summed E-state index contributed by atoms with van der Waals surface area (Å²) >= 11 is 6.26. The fourth-order valence-corrected chi connectivity index (χ4v) is 4.46. The molecule has 0 unspecified atom stereocenters. The molecule has 0 bridgehead atoms. The number of carbonyl (C=O) groups is 1. The van der Waals surface area contributed by atoms with Crippen LogP contribution in [0.15, 0.2) is 6.07 Å². The van der Waals surface area contributed by atoms with E-state index in [2.05, 4.69) is 4.90 Å². The molecule has 0 atom stereocenters. The molecule has 0 radical (unpaired) electrons. The molecule has 2 fully saturated rings. The monoisotopic (exact) mass is 381 g/mol. The molecule has 4 rings (SSSR count). The van der Waals surface area contributed by atoms with Gasteiger partial charge in [0.1, 0.15) is 0 Å². The molecule has 1 aliphatic carbocycles. The summed E-state index contributed by atoms with van der Waals surface area (Å²) in [4.78, 5) is 13.8. The molecule has 1 spiro atoms. The van der Waals surface area contributed by atoms with E-state index in [1.165, 1.54) is 6.07 Å². The number of carboxylic acid groups (broad SMARTS) is 1. The molecule has 3 aliphatic rings. The molecule has 2 aliphatic heterocycles. The second-order valence-electron chi connectivity index (χ2n) is 7.63. The van der Waals surface area contributed by atoms with E-state index >= 15 is 0 Å².